The first kappa shape index (κ1) is 17.4. The molecule has 1 fully saturated rings. The number of rotatable bonds is 3. The molecule has 1 aliphatic heterocycles. The van der Waals surface area contributed by atoms with Gasteiger partial charge in [0, 0.05) is 39.1 Å². The smallest absolute Gasteiger partial charge is 0.258 e. The average Bonchev–Trinajstić information content (AvgIpc) is 3.27. The van der Waals surface area contributed by atoms with Crippen molar-refractivity contribution in [2.75, 3.05) is 19.6 Å². The van der Waals surface area contributed by atoms with E-state index in [4.69, 9.17) is 0 Å². The maximum atomic E-state index is 13.3. The summed E-state index contributed by atoms with van der Waals surface area (Å²) in [6.45, 7) is 3.83. The van der Waals surface area contributed by atoms with Crippen molar-refractivity contribution in [1.82, 2.24) is 29.5 Å². The molecule has 8 heteroatoms. The Morgan fingerprint density at radius 2 is 2.07 bits per heavy atom. The standard InChI is InChI=1S/C19H21FN6O/c1-13-16(11-23-26(13)15-5-3-14(20)4-6-15)19(27)25-10-7-21-12-17(25)18-22-8-9-24(18)2/h3-6,8-9,11,17,21H,7,10,12H2,1-2H3. The lowest BCUT2D eigenvalue weighted by Crippen LogP contribution is -2.49. The summed E-state index contributed by atoms with van der Waals surface area (Å²) in [5, 5.41) is 7.68. The number of nitrogens with one attached hydrogen (secondary N) is 1. The number of piperazine rings is 1. The van der Waals surface area contributed by atoms with Crippen molar-refractivity contribution in [2.24, 2.45) is 7.05 Å². The Morgan fingerprint density at radius 1 is 1.30 bits per heavy atom. The van der Waals surface area contributed by atoms with Crippen LogP contribution in [-0.4, -0.2) is 49.8 Å². The predicted molar refractivity (Wildman–Crippen MR) is 98.1 cm³/mol. The quantitative estimate of drug-likeness (QED) is 0.766. The normalized spacial score (nSPS) is 17.3. The molecule has 0 aliphatic carbocycles. The fourth-order valence-electron chi connectivity index (χ4n) is 3.49. The van der Waals surface area contributed by atoms with E-state index in [-0.39, 0.29) is 17.8 Å². The minimum Gasteiger partial charge on any atom is -0.336 e. The van der Waals surface area contributed by atoms with Gasteiger partial charge in [-0.05, 0) is 31.2 Å². The summed E-state index contributed by atoms with van der Waals surface area (Å²) in [6, 6.07) is 5.91. The van der Waals surface area contributed by atoms with Gasteiger partial charge in [0.2, 0.25) is 0 Å². The fourth-order valence-corrected chi connectivity index (χ4v) is 3.49. The van der Waals surface area contributed by atoms with Crippen LogP contribution >= 0.6 is 0 Å². The predicted octanol–water partition coefficient (Wildman–Crippen LogP) is 1.84. The van der Waals surface area contributed by atoms with Gasteiger partial charge in [-0.3, -0.25) is 4.79 Å². The molecule has 1 unspecified atom stereocenters. The number of nitrogens with zero attached hydrogens (tertiary/aromatic N) is 5. The van der Waals surface area contributed by atoms with Crippen LogP contribution in [0.25, 0.3) is 5.69 Å². The summed E-state index contributed by atoms with van der Waals surface area (Å²) in [6.07, 6.45) is 5.20. The van der Waals surface area contributed by atoms with Gasteiger partial charge in [0.05, 0.1) is 23.1 Å². The van der Waals surface area contributed by atoms with E-state index in [0.717, 1.165) is 18.1 Å². The second-order valence-corrected chi connectivity index (χ2v) is 6.65. The highest BCUT2D eigenvalue weighted by molar-refractivity contribution is 5.95. The Hall–Kier alpha value is -3.00. The first-order valence-electron chi connectivity index (χ1n) is 8.85. The van der Waals surface area contributed by atoms with E-state index in [0.29, 0.717) is 24.3 Å². The number of aromatic nitrogens is 4. The highest BCUT2D eigenvalue weighted by atomic mass is 19.1. The molecule has 1 saturated heterocycles. The summed E-state index contributed by atoms with van der Waals surface area (Å²) < 4.78 is 16.8. The molecular weight excluding hydrogens is 347 g/mol. The van der Waals surface area contributed by atoms with Gasteiger partial charge in [0.1, 0.15) is 17.7 Å². The van der Waals surface area contributed by atoms with E-state index in [1.54, 1.807) is 29.2 Å². The average molecular weight is 368 g/mol. The van der Waals surface area contributed by atoms with Crippen molar-refractivity contribution in [3.63, 3.8) is 0 Å². The van der Waals surface area contributed by atoms with Gasteiger partial charge in [-0.15, -0.1) is 0 Å². The maximum absolute atomic E-state index is 13.3. The Balaban J connectivity index is 1.66. The zero-order valence-corrected chi connectivity index (χ0v) is 15.3. The first-order chi connectivity index (χ1) is 13.1. The van der Waals surface area contributed by atoms with Gasteiger partial charge in [0.15, 0.2) is 0 Å². The molecule has 140 valence electrons. The largest absolute Gasteiger partial charge is 0.336 e. The van der Waals surface area contributed by atoms with Crippen molar-refractivity contribution in [3.05, 3.63) is 65.8 Å². The number of halogens is 1. The summed E-state index contributed by atoms with van der Waals surface area (Å²) in [5.41, 5.74) is 1.98. The lowest BCUT2D eigenvalue weighted by molar-refractivity contribution is 0.0620. The molecule has 0 saturated carbocycles. The van der Waals surface area contributed by atoms with Crippen molar-refractivity contribution in [1.29, 1.82) is 0 Å². The topological polar surface area (TPSA) is 68.0 Å². The number of benzene rings is 1. The summed E-state index contributed by atoms with van der Waals surface area (Å²) in [4.78, 5) is 19.6. The van der Waals surface area contributed by atoms with E-state index < -0.39 is 0 Å². The third kappa shape index (κ3) is 3.12. The molecule has 1 atom stereocenters. The van der Waals surface area contributed by atoms with Crippen LogP contribution in [0.2, 0.25) is 0 Å². The molecular formula is C19H21FN6O. The van der Waals surface area contributed by atoms with E-state index in [1.165, 1.54) is 12.1 Å². The molecule has 1 aromatic carbocycles. The Bertz CT molecular complexity index is 961. The SMILES string of the molecule is Cc1c(C(=O)N2CCNCC2c2nccn2C)cnn1-c1ccc(F)cc1. The number of amides is 1. The van der Waals surface area contributed by atoms with Gasteiger partial charge in [-0.2, -0.15) is 5.10 Å². The lowest BCUT2D eigenvalue weighted by Gasteiger charge is -2.35. The Labute approximate surface area is 156 Å². The molecule has 1 N–H and O–H groups in total. The number of imidazole rings is 1. The molecule has 2 aromatic heterocycles. The van der Waals surface area contributed by atoms with Crippen molar-refractivity contribution in [3.8, 4) is 5.69 Å². The first-order valence-corrected chi connectivity index (χ1v) is 8.85. The van der Waals surface area contributed by atoms with Gasteiger partial charge < -0.3 is 14.8 Å². The van der Waals surface area contributed by atoms with Crippen LogP contribution in [0.1, 0.15) is 27.9 Å². The van der Waals surface area contributed by atoms with Crippen LogP contribution in [0.15, 0.2) is 42.9 Å². The highest BCUT2D eigenvalue weighted by Crippen LogP contribution is 2.24. The molecule has 7 nitrogen and oxygen atoms in total. The highest BCUT2D eigenvalue weighted by Gasteiger charge is 2.32. The Morgan fingerprint density at radius 3 is 2.78 bits per heavy atom. The van der Waals surface area contributed by atoms with Gasteiger partial charge in [0.25, 0.3) is 5.91 Å². The molecule has 3 aromatic rings. The zero-order valence-electron chi connectivity index (χ0n) is 15.3. The van der Waals surface area contributed by atoms with Gasteiger partial charge in [-0.1, -0.05) is 0 Å². The van der Waals surface area contributed by atoms with Crippen LogP contribution in [0.5, 0.6) is 0 Å². The molecule has 3 heterocycles. The van der Waals surface area contributed by atoms with E-state index in [2.05, 4.69) is 15.4 Å². The molecule has 0 spiro atoms. The number of carbonyl (C=O) groups excluding carboxylic acids is 1. The van der Waals surface area contributed by atoms with Crippen molar-refractivity contribution in [2.45, 2.75) is 13.0 Å². The molecule has 0 bridgehead atoms. The van der Waals surface area contributed by atoms with Crippen LogP contribution in [0.4, 0.5) is 4.39 Å². The number of hydrogen-bond donors (Lipinski definition) is 1. The maximum Gasteiger partial charge on any atom is 0.258 e. The molecule has 4 rings (SSSR count). The second-order valence-electron chi connectivity index (χ2n) is 6.65. The molecule has 1 amide bonds. The minimum absolute atomic E-state index is 0.0737. The number of aryl methyl sites for hydroxylation is 1. The fraction of sp³-hybridized carbons (Fsp3) is 0.316. The second kappa shape index (κ2) is 6.96. The van der Waals surface area contributed by atoms with Crippen LogP contribution < -0.4 is 5.32 Å². The molecule has 0 radical (unpaired) electrons. The molecule has 27 heavy (non-hydrogen) atoms. The molecule has 1 aliphatic rings. The van der Waals surface area contributed by atoms with Crippen molar-refractivity contribution >= 4 is 5.91 Å². The van der Waals surface area contributed by atoms with Crippen molar-refractivity contribution < 1.29 is 9.18 Å². The number of carbonyl (C=O) groups is 1. The summed E-state index contributed by atoms with van der Waals surface area (Å²) in [7, 11) is 1.93. The third-order valence-corrected chi connectivity index (χ3v) is 4.97. The van der Waals surface area contributed by atoms with Crippen LogP contribution in [-0.2, 0) is 7.05 Å². The minimum atomic E-state index is -0.307. The van der Waals surface area contributed by atoms with Crippen LogP contribution in [0, 0.1) is 12.7 Å². The van der Waals surface area contributed by atoms with Gasteiger partial charge in [-0.25, -0.2) is 14.1 Å². The summed E-state index contributed by atoms with van der Waals surface area (Å²) in [5.74, 6) is 0.466. The third-order valence-electron chi connectivity index (χ3n) is 4.97. The number of hydrogen-bond acceptors (Lipinski definition) is 4. The monoisotopic (exact) mass is 368 g/mol. The zero-order chi connectivity index (χ0) is 19.0. The van der Waals surface area contributed by atoms with E-state index in [9.17, 15) is 9.18 Å². The van der Waals surface area contributed by atoms with Gasteiger partial charge >= 0.3 is 0 Å². The van der Waals surface area contributed by atoms with Crippen LogP contribution in [0.3, 0.4) is 0 Å². The Kier molecular flexibility index (Phi) is 4.49. The summed E-state index contributed by atoms with van der Waals surface area (Å²) >= 11 is 0. The van der Waals surface area contributed by atoms with E-state index >= 15 is 0 Å². The lowest BCUT2D eigenvalue weighted by atomic mass is 10.1. The van der Waals surface area contributed by atoms with E-state index in [1.807, 2.05) is 29.6 Å².